The number of amides is 1. The molecule has 1 fully saturated rings. The Hall–Kier alpha value is -1.00. The first-order valence-corrected chi connectivity index (χ1v) is 8.51. The van der Waals surface area contributed by atoms with E-state index < -0.39 is 4.75 Å². The number of hydrogen-bond donors (Lipinski definition) is 2. The number of nitrogens with one attached hydrogen (secondary N) is 1. The first-order chi connectivity index (χ1) is 9.99. The van der Waals surface area contributed by atoms with Crippen molar-refractivity contribution < 1.29 is 9.90 Å². The zero-order valence-corrected chi connectivity index (χ0v) is 13.7. The van der Waals surface area contributed by atoms with Crippen LogP contribution in [-0.4, -0.2) is 28.4 Å². The Morgan fingerprint density at radius 3 is 2.62 bits per heavy atom. The minimum Gasteiger partial charge on any atom is -0.393 e. The molecule has 2 N–H and O–H groups in total. The lowest BCUT2D eigenvalue weighted by molar-refractivity contribution is -0.123. The van der Waals surface area contributed by atoms with E-state index >= 15 is 0 Å². The SMILES string of the molecule is CC(C)(Sc1ccccc1)C(=O)NCC1CCCC[C@H]1O. The Labute approximate surface area is 131 Å². The second-order valence-electron chi connectivity index (χ2n) is 6.25. The number of thioether (sulfide) groups is 1. The highest BCUT2D eigenvalue weighted by atomic mass is 32.2. The molecule has 1 saturated carbocycles. The highest BCUT2D eigenvalue weighted by molar-refractivity contribution is 8.01. The molecule has 1 aliphatic rings. The smallest absolute Gasteiger partial charge is 0.236 e. The molecule has 1 aromatic rings. The molecule has 1 aromatic carbocycles. The van der Waals surface area contributed by atoms with Crippen molar-refractivity contribution in [1.82, 2.24) is 5.32 Å². The summed E-state index contributed by atoms with van der Waals surface area (Å²) >= 11 is 1.57. The molecule has 0 bridgehead atoms. The molecule has 116 valence electrons. The minimum absolute atomic E-state index is 0.0362. The van der Waals surface area contributed by atoms with Gasteiger partial charge in [0.1, 0.15) is 0 Å². The molecule has 21 heavy (non-hydrogen) atoms. The van der Waals surface area contributed by atoms with Gasteiger partial charge in [-0.2, -0.15) is 0 Å². The lowest BCUT2D eigenvalue weighted by Gasteiger charge is -2.29. The molecule has 2 atom stereocenters. The average molecular weight is 307 g/mol. The molecule has 0 radical (unpaired) electrons. The third-order valence-corrected chi connectivity index (χ3v) is 5.26. The molecule has 0 saturated heterocycles. The van der Waals surface area contributed by atoms with E-state index in [0.29, 0.717) is 6.54 Å². The van der Waals surface area contributed by atoms with E-state index in [1.807, 2.05) is 44.2 Å². The van der Waals surface area contributed by atoms with Crippen LogP contribution in [0.15, 0.2) is 35.2 Å². The van der Waals surface area contributed by atoms with Crippen molar-refractivity contribution in [3.63, 3.8) is 0 Å². The van der Waals surface area contributed by atoms with Gasteiger partial charge in [-0.25, -0.2) is 0 Å². The summed E-state index contributed by atoms with van der Waals surface area (Å²) in [6.45, 7) is 4.47. The lowest BCUT2D eigenvalue weighted by Crippen LogP contribution is -2.44. The normalized spacial score (nSPS) is 22.8. The van der Waals surface area contributed by atoms with Crippen LogP contribution in [0.2, 0.25) is 0 Å². The Balaban J connectivity index is 1.86. The first kappa shape index (κ1) is 16.4. The van der Waals surface area contributed by atoms with Crippen LogP contribution in [0.4, 0.5) is 0 Å². The maximum Gasteiger partial charge on any atom is 0.236 e. The Kier molecular flexibility index (Phi) is 5.71. The molecule has 1 amide bonds. The first-order valence-electron chi connectivity index (χ1n) is 7.69. The van der Waals surface area contributed by atoms with E-state index in [1.165, 1.54) is 0 Å². The van der Waals surface area contributed by atoms with Crippen LogP contribution in [0.5, 0.6) is 0 Å². The van der Waals surface area contributed by atoms with E-state index in [2.05, 4.69) is 5.32 Å². The number of carbonyl (C=O) groups is 1. The quantitative estimate of drug-likeness (QED) is 0.821. The fourth-order valence-corrected chi connectivity index (χ4v) is 3.74. The van der Waals surface area contributed by atoms with Crippen molar-refractivity contribution in [3.8, 4) is 0 Å². The summed E-state index contributed by atoms with van der Waals surface area (Å²) in [4.78, 5) is 13.5. The number of aliphatic hydroxyl groups is 1. The molecule has 4 heteroatoms. The summed E-state index contributed by atoms with van der Waals surface area (Å²) in [5, 5.41) is 13.0. The monoisotopic (exact) mass is 307 g/mol. The van der Waals surface area contributed by atoms with Gasteiger partial charge in [0.05, 0.1) is 10.9 Å². The van der Waals surface area contributed by atoms with Crippen LogP contribution in [0.3, 0.4) is 0 Å². The largest absolute Gasteiger partial charge is 0.393 e. The summed E-state index contributed by atoms with van der Waals surface area (Å²) in [6, 6.07) is 9.97. The van der Waals surface area contributed by atoms with Crippen molar-refractivity contribution in [1.29, 1.82) is 0 Å². The molecule has 0 aliphatic heterocycles. The summed E-state index contributed by atoms with van der Waals surface area (Å²) in [5.41, 5.74) is 0. The molecular weight excluding hydrogens is 282 g/mol. The van der Waals surface area contributed by atoms with Crippen LogP contribution in [0, 0.1) is 5.92 Å². The van der Waals surface area contributed by atoms with Gasteiger partial charge in [0.15, 0.2) is 0 Å². The highest BCUT2D eigenvalue weighted by Gasteiger charge is 2.30. The van der Waals surface area contributed by atoms with Crippen molar-refractivity contribution in [3.05, 3.63) is 30.3 Å². The Morgan fingerprint density at radius 1 is 1.29 bits per heavy atom. The molecule has 1 unspecified atom stereocenters. The van der Waals surface area contributed by atoms with Crippen LogP contribution in [0.1, 0.15) is 39.5 Å². The van der Waals surface area contributed by atoms with Crippen molar-refractivity contribution in [2.45, 2.75) is 55.3 Å². The van der Waals surface area contributed by atoms with Crippen LogP contribution >= 0.6 is 11.8 Å². The summed E-state index contributed by atoms with van der Waals surface area (Å²) in [7, 11) is 0. The third kappa shape index (κ3) is 4.75. The van der Waals surface area contributed by atoms with Gasteiger partial charge >= 0.3 is 0 Å². The second-order valence-corrected chi connectivity index (χ2v) is 7.94. The number of aliphatic hydroxyl groups excluding tert-OH is 1. The summed E-state index contributed by atoms with van der Waals surface area (Å²) < 4.78 is -0.513. The zero-order valence-electron chi connectivity index (χ0n) is 12.8. The van der Waals surface area contributed by atoms with Gasteiger partial charge in [-0.15, -0.1) is 11.8 Å². The molecule has 1 aliphatic carbocycles. The van der Waals surface area contributed by atoms with Crippen molar-refractivity contribution >= 4 is 17.7 Å². The number of hydrogen-bond acceptors (Lipinski definition) is 3. The number of carbonyl (C=O) groups excluding carboxylic acids is 1. The van der Waals surface area contributed by atoms with Gasteiger partial charge in [0, 0.05) is 17.4 Å². The van der Waals surface area contributed by atoms with E-state index in [0.717, 1.165) is 30.6 Å². The maximum atomic E-state index is 12.4. The molecule has 0 heterocycles. The molecule has 2 rings (SSSR count). The molecule has 3 nitrogen and oxygen atoms in total. The van der Waals surface area contributed by atoms with E-state index in [1.54, 1.807) is 11.8 Å². The Morgan fingerprint density at radius 2 is 1.95 bits per heavy atom. The lowest BCUT2D eigenvalue weighted by atomic mass is 9.86. The van der Waals surface area contributed by atoms with Gasteiger partial charge in [0.2, 0.25) is 5.91 Å². The zero-order chi connectivity index (χ0) is 15.3. The van der Waals surface area contributed by atoms with Gasteiger partial charge in [0.25, 0.3) is 0 Å². The fraction of sp³-hybridized carbons (Fsp3) is 0.588. The van der Waals surface area contributed by atoms with E-state index in [-0.39, 0.29) is 17.9 Å². The molecule has 0 aromatic heterocycles. The van der Waals surface area contributed by atoms with E-state index in [9.17, 15) is 9.90 Å². The summed E-state index contributed by atoms with van der Waals surface area (Å²) in [6.07, 6.45) is 3.86. The van der Waals surface area contributed by atoms with Gasteiger partial charge in [-0.05, 0) is 38.8 Å². The van der Waals surface area contributed by atoms with Gasteiger partial charge < -0.3 is 10.4 Å². The fourth-order valence-electron chi connectivity index (χ4n) is 2.69. The van der Waals surface area contributed by atoms with Crippen molar-refractivity contribution in [2.24, 2.45) is 5.92 Å². The van der Waals surface area contributed by atoms with Crippen LogP contribution in [0.25, 0.3) is 0 Å². The molecular formula is C17H25NO2S. The molecule has 0 spiro atoms. The minimum atomic E-state index is -0.513. The average Bonchev–Trinajstić information content (AvgIpc) is 2.46. The van der Waals surface area contributed by atoms with Gasteiger partial charge in [-0.1, -0.05) is 31.0 Å². The third-order valence-electron chi connectivity index (χ3n) is 4.06. The highest BCUT2D eigenvalue weighted by Crippen LogP contribution is 2.32. The van der Waals surface area contributed by atoms with Crippen LogP contribution in [-0.2, 0) is 4.79 Å². The number of benzene rings is 1. The Bertz CT molecular complexity index is 461. The standard InChI is InChI=1S/C17H25NO2S/c1-17(2,21-14-9-4-3-5-10-14)16(20)18-12-13-8-6-7-11-15(13)19/h3-5,9-10,13,15,19H,6-8,11-12H2,1-2H3,(H,18,20)/t13?,15-/m1/s1. The second kappa shape index (κ2) is 7.32. The van der Waals surface area contributed by atoms with E-state index in [4.69, 9.17) is 0 Å². The number of rotatable bonds is 5. The predicted octanol–water partition coefficient (Wildman–Crippen LogP) is 3.22. The van der Waals surface area contributed by atoms with Gasteiger partial charge in [-0.3, -0.25) is 4.79 Å². The van der Waals surface area contributed by atoms with Crippen LogP contribution < -0.4 is 5.32 Å². The summed E-state index contributed by atoms with van der Waals surface area (Å²) in [5.74, 6) is 0.245. The maximum absolute atomic E-state index is 12.4. The predicted molar refractivity (Wildman–Crippen MR) is 87.4 cm³/mol. The topological polar surface area (TPSA) is 49.3 Å². The van der Waals surface area contributed by atoms with Crippen molar-refractivity contribution in [2.75, 3.05) is 6.54 Å².